The lowest BCUT2D eigenvalue weighted by molar-refractivity contribution is 0.588. The number of nitrogens with one attached hydrogen (secondary N) is 1. The molecule has 3 nitrogen and oxygen atoms in total. The number of pyridine rings is 1. The summed E-state index contributed by atoms with van der Waals surface area (Å²) < 4.78 is 0. The first kappa shape index (κ1) is 15.0. The molecule has 0 unspecified atom stereocenters. The van der Waals surface area contributed by atoms with Gasteiger partial charge in [-0.1, -0.05) is 27.7 Å². The Bertz CT molecular complexity index is 361. The van der Waals surface area contributed by atoms with Crippen molar-refractivity contribution >= 4 is 5.82 Å². The lowest BCUT2D eigenvalue weighted by Crippen LogP contribution is -2.23. The first-order chi connectivity index (χ1) is 8.56. The second-order valence-corrected chi connectivity index (χ2v) is 5.14. The molecule has 0 aromatic carbocycles. The van der Waals surface area contributed by atoms with E-state index in [4.69, 9.17) is 4.98 Å². The summed E-state index contributed by atoms with van der Waals surface area (Å²) in [5, 5.41) is 3.46. The van der Waals surface area contributed by atoms with E-state index >= 15 is 0 Å². The van der Waals surface area contributed by atoms with Crippen LogP contribution < -0.4 is 10.2 Å². The van der Waals surface area contributed by atoms with E-state index in [9.17, 15) is 0 Å². The third-order valence-electron chi connectivity index (χ3n) is 2.95. The maximum atomic E-state index is 4.70. The summed E-state index contributed by atoms with van der Waals surface area (Å²) >= 11 is 0. The zero-order valence-electron chi connectivity index (χ0n) is 12.5. The Morgan fingerprint density at radius 1 is 1.28 bits per heavy atom. The number of hydrogen-bond donors (Lipinski definition) is 1. The summed E-state index contributed by atoms with van der Waals surface area (Å²) in [7, 11) is 2.12. The third kappa shape index (κ3) is 4.65. The molecule has 1 rings (SSSR count). The number of aryl methyl sites for hydroxylation is 1. The van der Waals surface area contributed by atoms with E-state index in [2.05, 4.69) is 57.1 Å². The van der Waals surface area contributed by atoms with Crippen molar-refractivity contribution in [3.63, 3.8) is 0 Å². The molecular weight excluding hydrogens is 222 g/mol. The number of aromatic nitrogens is 1. The quantitative estimate of drug-likeness (QED) is 0.805. The van der Waals surface area contributed by atoms with Gasteiger partial charge in [-0.05, 0) is 30.5 Å². The maximum Gasteiger partial charge on any atom is 0.128 e. The minimum absolute atomic E-state index is 0.514. The molecule has 1 aromatic rings. The van der Waals surface area contributed by atoms with Gasteiger partial charge in [0, 0.05) is 31.9 Å². The highest BCUT2D eigenvalue weighted by atomic mass is 15.2. The molecule has 0 radical (unpaired) electrons. The van der Waals surface area contributed by atoms with Crippen LogP contribution in [0.25, 0.3) is 0 Å². The molecule has 1 N–H and O–H groups in total. The highest BCUT2D eigenvalue weighted by molar-refractivity contribution is 5.42. The Labute approximate surface area is 112 Å². The second kappa shape index (κ2) is 7.37. The van der Waals surface area contributed by atoms with Gasteiger partial charge >= 0.3 is 0 Å². The molecule has 0 aliphatic rings. The third-order valence-corrected chi connectivity index (χ3v) is 2.95. The van der Waals surface area contributed by atoms with Gasteiger partial charge in [0.2, 0.25) is 0 Å². The van der Waals surface area contributed by atoms with Crippen LogP contribution in [-0.2, 0) is 13.0 Å². The zero-order valence-corrected chi connectivity index (χ0v) is 12.5. The van der Waals surface area contributed by atoms with Gasteiger partial charge in [-0.3, -0.25) is 0 Å². The van der Waals surface area contributed by atoms with Gasteiger partial charge < -0.3 is 10.2 Å². The van der Waals surface area contributed by atoms with Crippen molar-refractivity contribution in [1.82, 2.24) is 10.3 Å². The lowest BCUT2D eigenvalue weighted by Gasteiger charge is -2.19. The molecule has 18 heavy (non-hydrogen) atoms. The Morgan fingerprint density at radius 2 is 2.00 bits per heavy atom. The Balaban J connectivity index is 2.86. The summed E-state index contributed by atoms with van der Waals surface area (Å²) in [6, 6.07) is 4.92. The van der Waals surface area contributed by atoms with Crippen LogP contribution in [0.1, 0.15) is 45.4 Å². The van der Waals surface area contributed by atoms with Crippen LogP contribution in [0.4, 0.5) is 5.82 Å². The highest BCUT2D eigenvalue weighted by Crippen LogP contribution is 2.15. The van der Waals surface area contributed by atoms with Gasteiger partial charge in [0.05, 0.1) is 0 Å². The van der Waals surface area contributed by atoms with Crippen molar-refractivity contribution in [2.45, 2.75) is 53.1 Å². The molecule has 0 amide bonds. The molecule has 102 valence electrons. The highest BCUT2D eigenvalue weighted by Gasteiger charge is 2.06. The summed E-state index contributed by atoms with van der Waals surface area (Å²) in [5.41, 5.74) is 2.50. The normalized spacial score (nSPS) is 11.0. The van der Waals surface area contributed by atoms with E-state index in [0.717, 1.165) is 31.7 Å². The Morgan fingerprint density at radius 3 is 2.56 bits per heavy atom. The fourth-order valence-corrected chi connectivity index (χ4v) is 1.88. The molecule has 0 aliphatic carbocycles. The topological polar surface area (TPSA) is 28.2 Å². The van der Waals surface area contributed by atoms with E-state index < -0.39 is 0 Å². The predicted molar refractivity (Wildman–Crippen MR) is 79.2 cm³/mol. The van der Waals surface area contributed by atoms with E-state index in [1.807, 2.05) is 0 Å². The maximum absolute atomic E-state index is 4.70. The molecule has 0 atom stereocenters. The number of rotatable bonds is 7. The fourth-order valence-electron chi connectivity index (χ4n) is 1.88. The lowest BCUT2D eigenvalue weighted by atomic mass is 10.1. The van der Waals surface area contributed by atoms with Crippen molar-refractivity contribution in [1.29, 1.82) is 0 Å². The molecule has 1 heterocycles. The van der Waals surface area contributed by atoms with E-state index in [1.165, 1.54) is 11.3 Å². The van der Waals surface area contributed by atoms with E-state index in [-0.39, 0.29) is 0 Å². The number of nitrogens with zero attached hydrogens (tertiary/aromatic N) is 2. The number of hydrogen-bond acceptors (Lipinski definition) is 3. The summed E-state index contributed by atoms with van der Waals surface area (Å²) in [4.78, 5) is 6.93. The van der Waals surface area contributed by atoms with Gasteiger partial charge in [0.15, 0.2) is 0 Å². The molecular formula is C15H27N3. The first-order valence-corrected chi connectivity index (χ1v) is 7.01. The fraction of sp³-hybridized carbons (Fsp3) is 0.667. The van der Waals surface area contributed by atoms with Crippen molar-refractivity contribution in [3.8, 4) is 0 Å². The van der Waals surface area contributed by atoms with Crippen LogP contribution in [-0.4, -0.2) is 24.6 Å². The molecule has 0 saturated heterocycles. The summed E-state index contributed by atoms with van der Waals surface area (Å²) in [5.74, 6) is 1.09. The van der Waals surface area contributed by atoms with Gasteiger partial charge in [-0.2, -0.15) is 0 Å². The smallest absolute Gasteiger partial charge is 0.128 e. The monoisotopic (exact) mass is 249 g/mol. The van der Waals surface area contributed by atoms with Gasteiger partial charge in [0.1, 0.15) is 5.82 Å². The zero-order chi connectivity index (χ0) is 13.5. The standard InChI is InChI=1S/C15H27N3/c1-6-8-18(5)15-10-13(11-16-12(3)4)9-14(7-2)17-15/h9-10,12,16H,6-8,11H2,1-5H3. The van der Waals surface area contributed by atoms with Crippen LogP contribution in [0, 0.1) is 0 Å². The van der Waals surface area contributed by atoms with Crippen molar-refractivity contribution in [3.05, 3.63) is 23.4 Å². The molecule has 0 aliphatic heterocycles. The number of anilines is 1. The van der Waals surface area contributed by atoms with Crippen molar-refractivity contribution in [2.75, 3.05) is 18.5 Å². The molecule has 0 saturated carbocycles. The Kier molecular flexibility index (Phi) is 6.13. The van der Waals surface area contributed by atoms with E-state index in [1.54, 1.807) is 0 Å². The van der Waals surface area contributed by atoms with Gasteiger partial charge in [-0.15, -0.1) is 0 Å². The van der Waals surface area contributed by atoms with Crippen molar-refractivity contribution in [2.24, 2.45) is 0 Å². The largest absolute Gasteiger partial charge is 0.360 e. The molecule has 0 bridgehead atoms. The van der Waals surface area contributed by atoms with Gasteiger partial charge in [0.25, 0.3) is 0 Å². The summed E-state index contributed by atoms with van der Waals surface area (Å²) in [6.45, 7) is 10.7. The van der Waals surface area contributed by atoms with Crippen LogP contribution in [0.2, 0.25) is 0 Å². The minimum Gasteiger partial charge on any atom is -0.360 e. The average Bonchev–Trinajstić information content (AvgIpc) is 2.36. The van der Waals surface area contributed by atoms with Gasteiger partial charge in [-0.25, -0.2) is 4.98 Å². The molecule has 3 heteroatoms. The predicted octanol–water partition coefficient (Wildman–Crippen LogP) is 2.99. The van der Waals surface area contributed by atoms with Crippen molar-refractivity contribution < 1.29 is 0 Å². The van der Waals surface area contributed by atoms with Crippen LogP contribution in [0.3, 0.4) is 0 Å². The molecule has 0 fully saturated rings. The van der Waals surface area contributed by atoms with Crippen LogP contribution >= 0.6 is 0 Å². The van der Waals surface area contributed by atoms with E-state index in [0.29, 0.717) is 6.04 Å². The van der Waals surface area contributed by atoms with Crippen LogP contribution in [0.5, 0.6) is 0 Å². The van der Waals surface area contributed by atoms with Crippen LogP contribution in [0.15, 0.2) is 12.1 Å². The first-order valence-electron chi connectivity index (χ1n) is 7.01. The Hall–Kier alpha value is -1.09. The average molecular weight is 249 g/mol. The molecule has 1 aromatic heterocycles. The molecule has 0 spiro atoms. The second-order valence-electron chi connectivity index (χ2n) is 5.14. The minimum atomic E-state index is 0.514. The SMILES string of the molecule is CCCN(C)c1cc(CNC(C)C)cc(CC)n1. The summed E-state index contributed by atoms with van der Waals surface area (Å²) in [6.07, 6.45) is 2.14.